The highest BCUT2D eigenvalue weighted by Gasteiger charge is 2.40. The van der Waals surface area contributed by atoms with Gasteiger partial charge < -0.3 is 5.32 Å². The first-order chi connectivity index (χ1) is 8.29. The van der Waals surface area contributed by atoms with Gasteiger partial charge in [-0.05, 0) is 68.5 Å². The lowest BCUT2D eigenvalue weighted by molar-refractivity contribution is 0.251. The molecular formula is C16H23N. The van der Waals surface area contributed by atoms with Gasteiger partial charge in [0.05, 0.1) is 0 Å². The SMILES string of the molecule is CNC(C)C1C2CCC1Cc1ccccc1C2. The van der Waals surface area contributed by atoms with Gasteiger partial charge in [0.1, 0.15) is 0 Å². The first kappa shape index (κ1) is 11.3. The molecule has 3 atom stereocenters. The average molecular weight is 229 g/mol. The van der Waals surface area contributed by atoms with Crippen molar-refractivity contribution in [1.29, 1.82) is 0 Å². The lowest BCUT2D eigenvalue weighted by Gasteiger charge is -2.28. The molecule has 3 rings (SSSR count). The van der Waals surface area contributed by atoms with Gasteiger partial charge in [-0.25, -0.2) is 0 Å². The second-order valence-corrected chi connectivity index (χ2v) is 5.93. The molecule has 0 saturated heterocycles. The first-order valence-electron chi connectivity index (χ1n) is 7.03. The highest BCUT2D eigenvalue weighted by molar-refractivity contribution is 5.30. The number of benzene rings is 1. The predicted octanol–water partition coefficient (Wildman–Crippen LogP) is 3.04. The predicted molar refractivity (Wildman–Crippen MR) is 72.1 cm³/mol. The fraction of sp³-hybridized carbons (Fsp3) is 0.625. The molecule has 0 aromatic heterocycles. The minimum absolute atomic E-state index is 0.668. The molecule has 17 heavy (non-hydrogen) atoms. The van der Waals surface area contributed by atoms with Crippen LogP contribution >= 0.6 is 0 Å². The van der Waals surface area contributed by atoms with Crippen LogP contribution in [0.4, 0.5) is 0 Å². The minimum atomic E-state index is 0.668. The zero-order chi connectivity index (χ0) is 11.8. The highest BCUT2D eigenvalue weighted by Crippen LogP contribution is 2.45. The molecule has 2 aliphatic rings. The topological polar surface area (TPSA) is 12.0 Å². The van der Waals surface area contributed by atoms with Crippen molar-refractivity contribution in [2.75, 3.05) is 7.05 Å². The van der Waals surface area contributed by atoms with Crippen molar-refractivity contribution in [3.63, 3.8) is 0 Å². The fourth-order valence-corrected chi connectivity index (χ4v) is 4.20. The Bertz CT molecular complexity index is 365. The molecule has 1 nitrogen and oxygen atoms in total. The molecule has 1 fully saturated rings. The summed E-state index contributed by atoms with van der Waals surface area (Å²) in [6, 6.07) is 9.76. The molecule has 1 heteroatoms. The summed E-state index contributed by atoms with van der Waals surface area (Å²) in [5.74, 6) is 2.70. The molecule has 2 bridgehead atoms. The Hall–Kier alpha value is -0.820. The van der Waals surface area contributed by atoms with Crippen LogP contribution in [0.5, 0.6) is 0 Å². The summed E-state index contributed by atoms with van der Waals surface area (Å²) in [5, 5.41) is 3.49. The molecule has 0 heterocycles. The maximum absolute atomic E-state index is 3.49. The van der Waals surface area contributed by atoms with E-state index in [4.69, 9.17) is 0 Å². The van der Waals surface area contributed by atoms with Crippen molar-refractivity contribution in [3.05, 3.63) is 35.4 Å². The number of hydrogen-bond acceptors (Lipinski definition) is 1. The summed E-state index contributed by atoms with van der Waals surface area (Å²) in [5.41, 5.74) is 3.24. The van der Waals surface area contributed by atoms with Gasteiger partial charge in [0.25, 0.3) is 0 Å². The van der Waals surface area contributed by atoms with Crippen LogP contribution in [0, 0.1) is 17.8 Å². The molecule has 0 aliphatic heterocycles. The molecule has 92 valence electrons. The third kappa shape index (κ3) is 1.91. The maximum Gasteiger partial charge on any atom is 0.00695 e. The van der Waals surface area contributed by atoms with Gasteiger partial charge in [-0.2, -0.15) is 0 Å². The van der Waals surface area contributed by atoms with Crippen LogP contribution in [0.1, 0.15) is 30.9 Å². The minimum Gasteiger partial charge on any atom is -0.317 e. The molecule has 0 radical (unpaired) electrons. The second-order valence-electron chi connectivity index (χ2n) is 5.93. The van der Waals surface area contributed by atoms with Crippen molar-refractivity contribution in [2.45, 2.75) is 38.6 Å². The van der Waals surface area contributed by atoms with E-state index >= 15 is 0 Å². The van der Waals surface area contributed by atoms with Crippen LogP contribution in [0.15, 0.2) is 24.3 Å². The molecule has 3 unspecified atom stereocenters. The van der Waals surface area contributed by atoms with Gasteiger partial charge >= 0.3 is 0 Å². The van der Waals surface area contributed by atoms with Gasteiger partial charge in [-0.1, -0.05) is 24.3 Å². The van der Waals surface area contributed by atoms with E-state index in [9.17, 15) is 0 Å². The van der Waals surface area contributed by atoms with Crippen molar-refractivity contribution in [1.82, 2.24) is 5.32 Å². The van der Waals surface area contributed by atoms with E-state index in [1.807, 2.05) is 0 Å². The summed E-state index contributed by atoms with van der Waals surface area (Å²) in [7, 11) is 2.11. The molecule has 0 amide bonds. The summed E-state index contributed by atoms with van der Waals surface area (Å²) >= 11 is 0. The number of rotatable bonds is 2. The van der Waals surface area contributed by atoms with Crippen LogP contribution in [0.25, 0.3) is 0 Å². The van der Waals surface area contributed by atoms with Gasteiger partial charge in [-0.15, -0.1) is 0 Å². The monoisotopic (exact) mass is 229 g/mol. The summed E-state index contributed by atoms with van der Waals surface area (Å²) in [6.45, 7) is 2.37. The molecular weight excluding hydrogens is 206 g/mol. The molecule has 2 aliphatic carbocycles. The quantitative estimate of drug-likeness (QED) is 0.822. The summed E-state index contributed by atoms with van der Waals surface area (Å²) < 4.78 is 0. The van der Waals surface area contributed by atoms with E-state index in [0.717, 1.165) is 17.8 Å². The van der Waals surface area contributed by atoms with Gasteiger partial charge in [0.2, 0.25) is 0 Å². The van der Waals surface area contributed by atoms with Gasteiger partial charge in [-0.3, -0.25) is 0 Å². The number of fused-ring (bicyclic) bond motifs is 3. The van der Waals surface area contributed by atoms with Crippen LogP contribution in [-0.4, -0.2) is 13.1 Å². The third-order valence-electron chi connectivity index (χ3n) is 5.11. The number of hydrogen-bond donors (Lipinski definition) is 1. The van der Waals surface area contributed by atoms with Crippen LogP contribution in [0.3, 0.4) is 0 Å². The standard InChI is InChI=1S/C16H23N/c1-11(17-2)16-14-7-8-15(16)10-13-6-4-3-5-12(13)9-14/h3-6,11,14-17H,7-10H2,1-2H3. The Labute approximate surface area is 105 Å². The Kier molecular flexibility index (Phi) is 2.96. The van der Waals surface area contributed by atoms with E-state index in [0.29, 0.717) is 6.04 Å². The van der Waals surface area contributed by atoms with E-state index in [2.05, 4.69) is 43.6 Å². The Balaban J connectivity index is 1.92. The van der Waals surface area contributed by atoms with Gasteiger partial charge in [0, 0.05) is 6.04 Å². The molecule has 1 saturated carbocycles. The van der Waals surface area contributed by atoms with Crippen molar-refractivity contribution in [3.8, 4) is 0 Å². The largest absolute Gasteiger partial charge is 0.317 e. The zero-order valence-electron chi connectivity index (χ0n) is 10.9. The van der Waals surface area contributed by atoms with Crippen molar-refractivity contribution in [2.24, 2.45) is 17.8 Å². The highest BCUT2D eigenvalue weighted by atomic mass is 14.9. The maximum atomic E-state index is 3.49. The third-order valence-corrected chi connectivity index (χ3v) is 5.11. The van der Waals surface area contributed by atoms with Crippen LogP contribution in [0.2, 0.25) is 0 Å². The van der Waals surface area contributed by atoms with Crippen molar-refractivity contribution >= 4 is 0 Å². The number of nitrogens with one attached hydrogen (secondary N) is 1. The Morgan fingerprint density at radius 1 is 1.06 bits per heavy atom. The second kappa shape index (κ2) is 4.45. The fourth-order valence-electron chi connectivity index (χ4n) is 4.20. The van der Waals surface area contributed by atoms with E-state index in [1.54, 1.807) is 11.1 Å². The van der Waals surface area contributed by atoms with E-state index < -0.39 is 0 Å². The normalized spacial score (nSPS) is 32.9. The van der Waals surface area contributed by atoms with Crippen molar-refractivity contribution < 1.29 is 0 Å². The van der Waals surface area contributed by atoms with Gasteiger partial charge in [0.15, 0.2) is 0 Å². The average Bonchev–Trinajstić information content (AvgIpc) is 2.64. The van der Waals surface area contributed by atoms with Crippen LogP contribution in [-0.2, 0) is 12.8 Å². The smallest absolute Gasteiger partial charge is 0.00695 e. The first-order valence-corrected chi connectivity index (χ1v) is 7.03. The molecule has 1 aromatic carbocycles. The lowest BCUT2D eigenvalue weighted by atomic mass is 9.82. The Morgan fingerprint density at radius 2 is 1.59 bits per heavy atom. The van der Waals surface area contributed by atoms with E-state index in [1.165, 1.54) is 25.7 Å². The zero-order valence-corrected chi connectivity index (χ0v) is 10.9. The lowest BCUT2D eigenvalue weighted by Crippen LogP contribution is -2.36. The molecule has 1 N–H and O–H groups in total. The van der Waals surface area contributed by atoms with Crippen LogP contribution < -0.4 is 5.32 Å². The molecule has 0 spiro atoms. The summed E-state index contributed by atoms with van der Waals surface area (Å²) in [4.78, 5) is 0. The Morgan fingerprint density at radius 3 is 2.06 bits per heavy atom. The summed E-state index contributed by atoms with van der Waals surface area (Å²) in [6.07, 6.45) is 5.50. The van der Waals surface area contributed by atoms with E-state index in [-0.39, 0.29) is 0 Å². The molecule has 1 aromatic rings.